The van der Waals surface area contributed by atoms with Crippen molar-refractivity contribution in [3.05, 3.63) is 28.0 Å². The summed E-state index contributed by atoms with van der Waals surface area (Å²) in [5.41, 5.74) is -2.49. The molecule has 1 amide bonds. The lowest BCUT2D eigenvalue weighted by Crippen LogP contribution is -2.49. The topological polar surface area (TPSA) is 124 Å². The molecular weight excluding hydrogens is 596 g/mol. The van der Waals surface area contributed by atoms with E-state index in [1.807, 2.05) is 0 Å². The third-order valence-corrected chi connectivity index (χ3v) is 9.82. The molecule has 1 aromatic heterocycles. The van der Waals surface area contributed by atoms with Gasteiger partial charge in [-0.25, -0.2) is 0 Å². The number of aliphatic carboxylic acids is 1. The minimum absolute atomic E-state index is 0.0205. The number of hydrogen-bond acceptors (Lipinski definition) is 6. The molecule has 230 valence electrons. The van der Waals surface area contributed by atoms with E-state index in [4.69, 9.17) is 28.6 Å². The standard InChI is InChI=1S/C29H35Cl2F3N4O4/c1-28(27(41)42)9-7-18(8-10-28)37-25(29(32,33)34)19(12-35)26(40)38-15-17(16-5-3-2-4-6-16)11-22(38)24(39)23-20(30)13-36-14-21(23)31/h12-14,16-19,22,35H,2-11,15H2,1H3,(H,41,42). The van der Waals surface area contributed by atoms with Gasteiger partial charge in [0, 0.05) is 25.2 Å². The van der Waals surface area contributed by atoms with Crippen molar-refractivity contribution in [3.8, 4) is 0 Å². The average molecular weight is 632 g/mol. The Morgan fingerprint density at radius 3 is 2.21 bits per heavy atom. The van der Waals surface area contributed by atoms with Crippen LogP contribution in [0.2, 0.25) is 10.0 Å². The molecule has 4 rings (SSSR count). The third kappa shape index (κ3) is 6.82. The molecule has 1 aromatic rings. The van der Waals surface area contributed by atoms with Crippen molar-refractivity contribution in [3.63, 3.8) is 0 Å². The molecule has 3 atom stereocenters. The first-order valence-electron chi connectivity index (χ1n) is 14.3. The van der Waals surface area contributed by atoms with E-state index < -0.39 is 53.0 Å². The molecule has 2 heterocycles. The van der Waals surface area contributed by atoms with Crippen LogP contribution in [0.15, 0.2) is 17.4 Å². The van der Waals surface area contributed by atoms with E-state index in [0.29, 0.717) is 6.21 Å². The molecular formula is C29H35Cl2F3N4O4. The largest absolute Gasteiger partial charge is 0.481 e. The highest BCUT2D eigenvalue weighted by Crippen LogP contribution is 2.41. The lowest BCUT2D eigenvalue weighted by atomic mass is 9.74. The number of aliphatic imine (C=N–C) groups is 1. The Morgan fingerprint density at radius 2 is 1.69 bits per heavy atom. The molecule has 3 fully saturated rings. The number of halogens is 5. The number of amides is 1. The molecule has 0 aromatic carbocycles. The van der Waals surface area contributed by atoms with Gasteiger partial charge in [-0.05, 0) is 50.9 Å². The van der Waals surface area contributed by atoms with Gasteiger partial charge in [0.1, 0.15) is 11.6 Å². The Labute approximate surface area is 252 Å². The van der Waals surface area contributed by atoms with E-state index in [2.05, 4.69) is 9.98 Å². The van der Waals surface area contributed by atoms with Crippen LogP contribution in [0.1, 0.15) is 81.5 Å². The quantitative estimate of drug-likeness (QED) is 0.245. The number of rotatable bonds is 8. The molecule has 0 radical (unpaired) electrons. The van der Waals surface area contributed by atoms with Gasteiger partial charge in [0.05, 0.1) is 33.1 Å². The number of aromatic nitrogens is 1. The molecule has 2 saturated carbocycles. The Kier molecular flexibility index (Phi) is 10.0. The summed E-state index contributed by atoms with van der Waals surface area (Å²) < 4.78 is 43.3. The van der Waals surface area contributed by atoms with Crippen LogP contribution in [0.3, 0.4) is 0 Å². The summed E-state index contributed by atoms with van der Waals surface area (Å²) in [6.07, 6.45) is 3.56. The van der Waals surface area contributed by atoms with Crippen LogP contribution >= 0.6 is 23.2 Å². The van der Waals surface area contributed by atoms with Crippen molar-refractivity contribution in [1.82, 2.24) is 9.88 Å². The Bertz CT molecular complexity index is 1220. The van der Waals surface area contributed by atoms with E-state index in [9.17, 15) is 32.7 Å². The molecule has 3 aliphatic rings. The molecule has 42 heavy (non-hydrogen) atoms. The number of nitrogens with one attached hydrogen (secondary N) is 1. The number of carboxylic acids is 1. The zero-order valence-corrected chi connectivity index (χ0v) is 24.8. The summed E-state index contributed by atoms with van der Waals surface area (Å²) in [5.74, 6) is -4.55. The van der Waals surface area contributed by atoms with Crippen molar-refractivity contribution in [2.45, 2.75) is 89.4 Å². The Balaban J connectivity index is 1.66. The Morgan fingerprint density at radius 1 is 1.10 bits per heavy atom. The van der Waals surface area contributed by atoms with E-state index in [0.717, 1.165) is 37.0 Å². The summed E-state index contributed by atoms with van der Waals surface area (Å²) >= 11 is 12.5. The zero-order valence-electron chi connectivity index (χ0n) is 23.3. The summed E-state index contributed by atoms with van der Waals surface area (Å²) in [6.45, 7) is 1.63. The minimum Gasteiger partial charge on any atom is -0.481 e. The van der Waals surface area contributed by atoms with Crippen LogP contribution in [0.5, 0.6) is 0 Å². The minimum atomic E-state index is -5.02. The SMILES string of the molecule is CC1(C(=O)O)CCC(N=C(C(C=N)C(=O)N2CC(C3CCCCC3)CC2C(=O)c2c(Cl)cncc2Cl)C(F)(F)F)CC1. The average Bonchev–Trinajstić information content (AvgIpc) is 3.39. The predicted molar refractivity (Wildman–Crippen MR) is 153 cm³/mol. The van der Waals surface area contributed by atoms with E-state index >= 15 is 0 Å². The number of ketones is 1. The molecule has 0 bridgehead atoms. The number of hydrogen-bond donors (Lipinski definition) is 2. The molecule has 1 saturated heterocycles. The predicted octanol–water partition coefficient (Wildman–Crippen LogP) is 6.67. The van der Waals surface area contributed by atoms with Crippen LogP contribution in [0, 0.1) is 28.6 Å². The van der Waals surface area contributed by atoms with Crippen LogP contribution in [-0.4, -0.2) is 69.4 Å². The van der Waals surface area contributed by atoms with Crippen LogP contribution in [0.4, 0.5) is 13.2 Å². The first-order valence-corrected chi connectivity index (χ1v) is 15.0. The smallest absolute Gasteiger partial charge is 0.430 e. The van der Waals surface area contributed by atoms with Gasteiger partial charge >= 0.3 is 12.1 Å². The van der Waals surface area contributed by atoms with Gasteiger partial charge < -0.3 is 15.4 Å². The first kappa shape index (κ1) is 32.4. The first-order chi connectivity index (χ1) is 19.8. The van der Waals surface area contributed by atoms with E-state index in [-0.39, 0.29) is 66.1 Å². The number of nitrogens with zero attached hydrogens (tertiary/aromatic N) is 3. The second-order valence-corrected chi connectivity index (χ2v) is 12.8. The van der Waals surface area contributed by atoms with Gasteiger partial charge in [0.25, 0.3) is 0 Å². The van der Waals surface area contributed by atoms with Crippen LogP contribution in [0.25, 0.3) is 0 Å². The number of carbonyl (C=O) groups is 3. The molecule has 13 heteroatoms. The fraction of sp³-hybridized carbons (Fsp3) is 0.655. The number of likely N-dealkylation sites (tertiary alicyclic amines) is 1. The summed E-state index contributed by atoms with van der Waals surface area (Å²) in [4.78, 5) is 48.3. The van der Waals surface area contributed by atoms with E-state index in [1.165, 1.54) is 12.4 Å². The fourth-order valence-electron chi connectivity index (χ4n) is 6.68. The van der Waals surface area contributed by atoms with Gasteiger partial charge in [0.2, 0.25) is 5.91 Å². The molecule has 0 spiro atoms. The molecule has 1 aliphatic heterocycles. The normalized spacial score (nSPS) is 28.4. The van der Waals surface area contributed by atoms with E-state index in [1.54, 1.807) is 6.92 Å². The monoisotopic (exact) mass is 630 g/mol. The third-order valence-electron chi connectivity index (χ3n) is 9.25. The highest BCUT2D eigenvalue weighted by Gasteiger charge is 2.50. The summed E-state index contributed by atoms with van der Waals surface area (Å²) in [6, 6.07) is -1.95. The van der Waals surface area contributed by atoms with Gasteiger partial charge in [-0.2, -0.15) is 13.2 Å². The Hall–Kier alpha value is -2.53. The second kappa shape index (κ2) is 13.0. The number of Topliss-reactive ketones (excluding diaryl/α,β-unsaturated/α-hetero) is 1. The summed E-state index contributed by atoms with van der Waals surface area (Å²) in [7, 11) is 0. The number of alkyl halides is 3. The van der Waals surface area contributed by atoms with Gasteiger partial charge in [-0.15, -0.1) is 0 Å². The second-order valence-electron chi connectivity index (χ2n) is 12.0. The van der Waals surface area contributed by atoms with Crippen molar-refractivity contribution < 1.29 is 32.7 Å². The van der Waals surface area contributed by atoms with Crippen molar-refractivity contribution in [2.24, 2.45) is 28.2 Å². The lowest BCUT2D eigenvalue weighted by molar-refractivity contribution is -0.149. The number of carbonyl (C=O) groups excluding carboxylic acids is 2. The maximum absolute atomic E-state index is 14.4. The van der Waals surface area contributed by atoms with Crippen molar-refractivity contribution in [1.29, 1.82) is 5.41 Å². The maximum atomic E-state index is 14.4. The van der Waals surface area contributed by atoms with Gasteiger partial charge in [0.15, 0.2) is 5.78 Å². The van der Waals surface area contributed by atoms with Gasteiger partial charge in [-0.3, -0.25) is 24.4 Å². The number of carboxylic acid groups (broad SMARTS) is 1. The molecule has 2 N–H and O–H groups in total. The van der Waals surface area contributed by atoms with Gasteiger partial charge in [-0.1, -0.05) is 55.3 Å². The highest BCUT2D eigenvalue weighted by atomic mass is 35.5. The van der Waals surface area contributed by atoms with Crippen LogP contribution in [-0.2, 0) is 9.59 Å². The summed E-state index contributed by atoms with van der Waals surface area (Å²) in [5, 5.41) is 17.3. The highest BCUT2D eigenvalue weighted by molar-refractivity contribution is 6.40. The number of pyridine rings is 1. The zero-order chi connectivity index (χ0) is 30.8. The molecule has 3 unspecified atom stereocenters. The molecule has 2 aliphatic carbocycles. The lowest BCUT2D eigenvalue weighted by Gasteiger charge is -2.33. The fourth-order valence-corrected chi connectivity index (χ4v) is 7.23. The maximum Gasteiger partial charge on any atom is 0.430 e. The van der Waals surface area contributed by atoms with Crippen molar-refractivity contribution in [2.75, 3.05) is 6.54 Å². The van der Waals surface area contributed by atoms with Crippen LogP contribution < -0.4 is 0 Å². The molecule has 8 nitrogen and oxygen atoms in total. The van der Waals surface area contributed by atoms with Crippen molar-refractivity contribution >= 4 is 52.8 Å².